The van der Waals surface area contributed by atoms with Gasteiger partial charge in [0.15, 0.2) is 0 Å². The molecular formula is C11H12Br2N2O. The first-order chi connectivity index (χ1) is 7.63. The number of nitrogens with one attached hydrogen (secondary N) is 1. The first-order valence-corrected chi connectivity index (χ1v) is 6.61. The molecule has 0 aromatic heterocycles. The zero-order valence-electron chi connectivity index (χ0n) is 8.74. The van der Waals surface area contributed by atoms with E-state index in [0.717, 1.165) is 20.3 Å². The second-order valence-corrected chi connectivity index (χ2v) is 5.44. The summed E-state index contributed by atoms with van der Waals surface area (Å²) in [7, 11) is 0. The monoisotopic (exact) mass is 346 g/mol. The van der Waals surface area contributed by atoms with Crippen LogP contribution in [-0.2, 0) is 0 Å². The van der Waals surface area contributed by atoms with Gasteiger partial charge in [0.1, 0.15) is 10.8 Å². The molecule has 1 heterocycles. The van der Waals surface area contributed by atoms with Gasteiger partial charge in [-0.1, -0.05) is 13.0 Å². The number of anilines is 1. The lowest BCUT2D eigenvalue weighted by Crippen LogP contribution is -2.32. The van der Waals surface area contributed by atoms with Crippen molar-refractivity contribution in [1.82, 2.24) is 0 Å². The van der Waals surface area contributed by atoms with Crippen molar-refractivity contribution in [3.05, 3.63) is 28.2 Å². The van der Waals surface area contributed by atoms with Crippen LogP contribution in [-0.4, -0.2) is 22.5 Å². The van der Waals surface area contributed by atoms with E-state index in [0.29, 0.717) is 0 Å². The number of nitrogens with zero attached hydrogens (tertiary/aromatic N) is 1. The molecule has 16 heavy (non-hydrogen) atoms. The fourth-order valence-electron chi connectivity index (χ4n) is 1.60. The third-order valence-electron chi connectivity index (χ3n) is 2.60. The van der Waals surface area contributed by atoms with Gasteiger partial charge >= 0.3 is 0 Å². The minimum atomic E-state index is -0.0822. The first kappa shape index (κ1) is 12.1. The highest BCUT2D eigenvalue weighted by Crippen LogP contribution is 2.32. The second-order valence-electron chi connectivity index (χ2n) is 3.83. The highest BCUT2D eigenvalue weighted by atomic mass is 79.9. The number of halogens is 2. The maximum atomic E-state index is 9.14. The predicted molar refractivity (Wildman–Crippen MR) is 73.3 cm³/mol. The highest BCUT2D eigenvalue weighted by molar-refractivity contribution is 9.18. The van der Waals surface area contributed by atoms with Crippen LogP contribution in [0.15, 0.2) is 27.7 Å². The summed E-state index contributed by atoms with van der Waals surface area (Å²) in [4.78, 5) is 4.49. The van der Waals surface area contributed by atoms with E-state index >= 15 is 0 Å². The molecule has 1 aromatic carbocycles. The lowest BCUT2D eigenvalue weighted by Gasteiger charge is -2.27. The van der Waals surface area contributed by atoms with Crippen LogP contribution in [0.2, 0.25) is 0 Å². The Balaban J connectivity index is 2.39. The van der Waals surface area contributed by atoms with Crippen LogP contribution in [0.4, 0.5) is 5.69 Å². The number of hydrogen-bond donors (Lipinski definition) is 2. The molecule has 2 rings (SSSR count). The van der Waals surface area contributed by atoms with E-state index in [4.69, 9.17) is 5.11 Å². The van der Waals surface area contributed by atoms with Crippen LogP contribution in [0.3, 0.4) is 0 Å². The van der Waals surface area contributed by atoms with Crippen LogP contribution in [0.1, 0.15) is 12.5 Å². The Morgan fingerprint density at radius 3 is 2.94 bits per heavy atom. The molecule has 3 nitrogen and oxygen atoms in total. The quantitative estimate of drug-likeness (QED) is 0.863. The fraction of sp³-hybridized carbons (Fsp3) is 0.364. The van der Waals surface area contributed by atoms with Gasteiger partial charge in [0.25, 0.3) is 0 Å². The van der Waals surface area contributed by atoms with Crippen molar-refractivity contribution >= 4 is 42.2 Å². The summed E-state index contributed by atoms with van der Waals surface area (Å²) in [6, 6.07) is 5.96. The zero-order valence-corrected chi connectivity index (χ0v) is 11.9. The molecular weight excluding hydrogens is 336 g/mol. The molecule has 0 saturated heterocycles. The van der Waals surface area contributed by atoms with Crippen LogP contribution >= 0.6 is 31.9 Å². The highest BCUT2D eigenvalue weighted by Gasteiger charge is 2.24. The molecule has 1 aliphatic rings. The average molecular weight is 348 g/mol. The number of benzene rings is 1. The number of hydrogen-bond acceptors (Lipinski definition) is 3. The second kappa shape index (κ2) is 4.85. The first-order valence-electron chi connectivity index (χ1n) is 5.03. The largest absolute Gasteiger partial charge is 0.396 e. The topological polar surface area (TPSA) is 44.6 Å². The summed E-state index contributed by atoms with van der Waals surface area (Å²) in [5.74, 6) is 0.0830. The number of fused-ring (bicyclic) bond motifs is 1. The van der Waals surface area contributed by atoms with Gasteiger partial charge in [-0.25, -0.2) is 0 Å². The van der Waals surface area contributed by atoms with Crippen LogP contribution in [0.5, 0.6) is 0 Å². The Bertz CT molecular complexity index is 434. The zero-order chi connectivity index (χ0) is 11.7. The minimum absolute atomic E-state index is 0.0822. The maximum Gasteiger partial charge on any atom is 0.124 e. The number of aliphatic hydroxyl groups excluding tert-OH is 1. The van der Waals surface area contributed by atoms with Crippen molar-refractivity contribution in [3.8, 4) is 0 Å². The van der Waals surface area contributed by atoms with Crippen molar-refractivity contribution in [2.75, 3.05) is 11.9 Å². The van der Waals surface area contributed by atoms with Gasteiger partial charge in [-0.05, 0) is 44.0 Å². The Morgan fingerprint density at radius 1 is 1.50 bits per heavy atom. The van der Waals surface area contributed by atoms with Crippen molar-refractivity contribution in [3.63, 3.8) is 0 Å². The lowest BCUT2D eigenvalue weighted by atomic mass is 10.1. The van der Waals surface area contributed by atoms with E-state index in [9.17, 15) is 0 Å². The van der Waals surface area contributed by atoms with Crippen molar-refractivity contribution in [2.24, 2.45) is 10.9 Å². The van der Waals surface area contributed by atoms with E-state index in [2.05, 4.69) is 42.2 Å². The molecule has 1 aromatic rings. The number of rotatable bonds is 2. The molecule has 0 saturated carbocycles. The molecule has 0 bridgehead atoms. The molecule has 0 spiro atoms. The van der Waals surface area contributed by atoms with Gasteiger partial charge in [0, 0.05) is 28.2 Å². The van der Waals surface area contributed by atoms with Crippen molar-refractivity contribution < 1.29 is 5.11 Å². The van der Waals surface area contributed by atoms with Crippen molar-refractivity contribution in [1.29, 1.82) is 0 Å². The lowest BCUT2D eigenvalue weighted by molar-refractivity contribution is 0.224. The molecule has 0 amide bonds. The Hall–Kier alpha value is -0.390. The van der Waals surface area contributed by atoms with E-state index in [1.54, 1.807) is 0 Å². The SMILES string of the molecule is CC(CO)C1N=C(Br)c2c(Br)cccc2N1. The van der Waals surface area contributed by atoms with E-state index in [1.165, 1.54) is 0 Å². The van der Waals surface area contributed by atoms with E-state index in [-0.39, 0.29) is 18.7 Å². The molecule has 1 aliphatic heterocycles. The van der Waals surface area contributed by atoms with Crippen LogP contribution in [0, 0.1) is 5.92 Å². The molecule has 0 fully saturated rings. The molecule has 86 valence electrons. The summed E-state index contributed by atoms with van der Waals surface area (Å²) in [5, 5.41) is 12.5. The summed E-state index contributed by atoms with van der Waals surface area (Å²) >= 11 is 6.97. The summed E-state index contributed by atoms with van der Waals surface area (Å²) in [6.07, 6.45) is -0.0822. The Labute approximate surface area is 111 Å². The predicted octanol–water partition coefficient (Wildman–Crippen LogP) is 2.97. The van der Waals surface area contributed by atoms with Gasteiger partial charge in [-0.3, -0.25) is 4.99 Å². The van der Waals surface area contributed by atoms with Gasteiger partial charge in [0.2, 0.25) is 0 Å². The molecule has 0 aliphatic carbocycles. The summed E-state index contributed by atoms with van der Waals surface area (Å²) in [6.45, 7) is 2.08. The Morgan fingerprint density at radius 2 is 2.25 bits per heavy atom. The average Bonchev–Trinajstić information content (AvgIpc) is 2.27. The Kier molecular flexibility index (Phi) is 3.66. The molecule has 0 radical (unpaired) electrons. The van der Waals surface area contributed by atoms with Gasteiger partial charge in [-0.2, -0.15) is 0 Å². The van der Waals surface area contributed by atoms with Crippen molar-refractivity contribution in [2.45, 2.75) is 13.1 Å². The van der Waals surface area contributed by atoms with E-state index in [1.807, 2.05) is 25.1 Å². The summed E-state index contributed by atoms with van der Waals surface area (Å²) in [5.41, 5.74) is 2.06. The fourth-order valence-corrected chi connectivity index (χ4v) is 3.07. The standard InChI is InChI=1S/C11H12Br2N2O/c1-6(5-16)11-14-8-4-2-3-7(12)9(8)10(13)15-11/h2-4,6,11,14,16H,5H2,1H3. The van der Waals surface area contributed by atoms with Gasteiger partial charge in [-0.15, -0.1) is 0 Å². The molecule has 2 unspecified atom stereocenters. The normalized spacial score (nSPS) is 20.8. The van der Waals surface area contributed by atoms with Gasteiger partial charge in [0.05, 0.1) is 0 Å². The number of aliphatic imine (C=N–C) groups is 1. The molecule has 2 atom stereocenters. The van der Waals surface area contributed by atoms with Crippen LogP contribution < -0.4 is 5.32 Å². The minimum Gasteiger partial charge on any atom is -0.396 e. The van der Waals surface area contributed by atoms with Gasteiger partial charge < -0.3 is 10.4 Å². The molecule has 5 heteroatoms. The number of aliphatic hydroxyl groups is 1. The van der Waals surface area contributed by atoms with Crippen LogP contribution in [0.25, 0.3) is 0 Å². The summed E-state index contributed by atoms with van der Waals surface area (Å²) < 4.78 is 1.82. The molecule has 2 N–H and O–H groups in total. The third kappa shape index (κ3) is 2.17. The van der Waals surface area contributed by atoms with E-state index < -0.39 is 0 Å². The third-order valence-corrected chi connectivity index (χ3v) is 3.86. The smallest absolute Gasteiger partial charge is 0.124 e. The maximum absolute atomic E-state index is 9.14.